The first-order chi connectivity index (χ1) is 7.25. The van der Waals surface area contributed by atoms with Gasteiger partial charge in [0.25, 0.3) is 0 Å². The van der Waals surface area contributed by atoms with Gasteiger partial charge in [0, 0.05) is 11.8 Å². The number of rotatable bonds is 3. The summed E-state index contributed by atoms with van der Waals surface area (Å²) in [5.74, 6) is 0. The van der Waals surface area contributed by atoms with Crippen LogP contribution in [-0.2, 0) is 6.54 Å². The fraction of sp³-hybridized carbons (Fsp3) is 0.154. The van der Waals surface area contributed by atoms with Crippen molar-refractivity contribution in [1.29, 1.82) is 0 Å². The fourth-order valence-electron chi connectivity index (χ4n) is 1.44. The van der Waals surface area contributed by atoms with E-state index in [0.29, 0.717) is 0 Å². The maximum atomic E-state index is 4.29. The van der Waals surface area contributed by atoms with E-state index in [0.717, 1.165) is 17.7 Å². The summed E-state index contributed by atoms with van der Waals surface area (Å²) >= 11 is 0. The molecule has 2 nitrogen and oxygen atoms in total. The van der Waals surface area contributed by atoms with E-state index in [1.807, 2.05) is 42.2 Å². The van der Waals surface area contributed by atoms with E-state index >= 15 is 0 Å². The highest BCUT2D eigenvalue weighted by Gasteiger charge is 1.99. The van der Waals surface area contributed by atoms with Crippen molar-refractivity contribution in [2.75, 3.05) is 0 Å². The molecule has 1 aromatic heterocycles. The Bertz CT molecular complexity index is 454. The second kappa shape index (κ2) is 4.13. The highest BCUT2D eigenvalue weighted by Crippen LogP contribution is 2.10. The molecule has 1 aromatic carbocycles. The zero-order valence-corrected chi connectivity index (χ0v) is 8.85. The Kier molecular flexibility index (Phi) is 2.68. The number of allylic oxidation sites excluding steroid dienone is 1. The Morgan fingerprint density at radius 1 is 1.33 bits per heavy atom. The minimum Gasteiger partial charge on any atom is -0.268 e. The molecular formula is C13H14N2. The monoisotopic (exact) mass is 198 g/mol. The van der Waals surface area contributed by atoms with Crippen LogP contribution in [0.5, 0.6) is 0 Å². The number of nitrogens with zero attached hydrogens (tertiary/aromatic N) is 2. The molecule has 76 valence electrons. The predicted molar refractivity (Wildman–Crippen MR) is 62.5 cm³/mol. The maximum Gasteiger partial charge on any atom is 0.0659 e. The van der Waals surface area contributed by atoms with Crippen LogP contribution in [0.1, 0.15) is 18.1 Å². The molecule has 0 amide bonds. The van der Waals surface area contributed by atoms with Crippen molar-refractivity contribution < 1.29 is 0 Å². The molecule has 0 aliphatic rings. The standard InChI is InChI=1S/C13H14N2/c1-11(2)13-8-14-15(10-13)9-12-6-4-3-5-7-12/h3-8,10H,1,9H2,2H3. The topological polar surface area (TPSA) is 17.8 Å². The van der Waals surface area contributed by atoms with Gasteiger partial charge in [-0.15, -0.1) is 0 Å². The van der Waals surface area contributed by atoms with Gasteiger partial charge in [0.2, 0.25) is 0 Å². The number of hydrogen-bond donors (Lipinski definition) is 0. The Hall–Kier alpha value is -1.83. The lowest BCUT2D eigenvalue weighted by molar-refractivity contribution is 0.687. The Morgan fingerprint density at radius 2 is 2.07 bits per heavy atom. The molecule has 0 bridgehead atoms. The summed E-state index contributed by atoms with van der Waals surface area (Å²) in [6.45, 7) is 6.70. The van der Waals surface area contributed by atoms with Gasteiger partial charge in [-0.05, 0) is 18.1 Å². The molecule has 0 saturated carbocycles. The maximum absolute atomic E-state index is 4.29. The minimum absolute atomic E-state index is 0.814. The molecule has 1 heterocycles. The molecule has 0 unspecified atom stereocenters. The van der Waals surface area contributed by atoms with Gasteiger partial charge in [-0.3, -0.25) is 4.68 Å². The van der Waals surface area contributed by atoms with Gasteiger partial charge in [0.15, 0.2) is 0 Å². The summed E-state index contributed by atoms with van der Waals surface area (Å²) < 4.78 is 1.93. The zero-order valence-electron chi connectivity index (χ0n) is 8.85. The average molecular weight is 198 g/mol. The Balaban J connectivity index is 2.15. The summed E-state index contributed by atoms with van der Waals surface area (Å²) in [5, 5.41) is 4.29. The molecule has 0 N–H and O–H groups in total. The summed E-state index contributed by atoms with van der Waals surface area (Å²) in [7, 11) is 0. The van der Waals surface area contributed by atoms with E-state index in [9.17, 15) is 0 Å². The van der Waals surface area contributed by atoms with E-state index in [-0.39, 0.29) is 0 Å². The van der Waals surface area contributed by atoms with E-state index in [1.54, 1.807) is 0 Å². The van der Waals surface area contributed by atoms with Crippen molar-refractivity contribution in [1.82, 2.24) is 9.78 Å². The van der Waals surface area contributed by atoms with Crippen molar-refractivity contribution >= 4 is 5.57 Å². The van der Waals surface area contributed by atoms with E-state index in [1.165, 1.54) is 5.56 Å². The molecule has 0 fully saturated rings. The zero-order chi connectivity index (χ0) is 10.7. The van der Waals surface area contributed by atoms with Crippen LogP contribution in [-0.4, -0.2) is 9.78 Å². The van der Waals surface area contributed by atoms with E-state index in [2.05, 4.69) is 23.8 Å². The SMILES string of the molecule is C=C(C)c1cnn(Cc2ccccc2)c1. The number of aromatic nitrogens is 2. The quantitative estimate of drug-likeness (QED) is 0.741. The lowest BCUT2D eigenvalue weighted by atomic mass is 10.2. The van der Waals surface area contributed by atoms with Crippen molar-refractivity contribution in [2.45, 2.75) is 13.5 Å². The molecule has 2 heteroatoms. The van der Waals surface area contributed by atoms with Crippen molar-refractivity contribution in [3.63, 3.8) is 0 Å². The van der Waals surface area contributed by atoms with Crippen LogP contribution in [0, 0.1) is 0 Å². The van der Waals surface area contributed by atoms with Gasteiger partial charge >= 0.3 is 0 Å². The molecule has 0 atom stereocenters. The van der Waals surface area contributed by atoms with Crippen LogP contribution in [0.25, 0.3) is 5.57 Å². The van der Waals surface area contributed by atoms with Crippen LogP contribution >= 0.6 is 0 Å². The van der Waals surface area contributed by atoms with Gasteiger partial charge in [-0.1, -0.05) is 36.9 Å². The minimum atomic E-state index is 0.814. The molecule has 0 radical (unpaired) electrons. The number of benzene rings is 1. The van der Waals surface area contributed by atoms with Gasteiger partial charge < -0.3 is 0 Å². The average Bonchev–Trinajstić information content (AvgIpc) is 2.68. The normalized spacial score (nSPS) is 10.2. The predicted octanol–water partition coefficient (Wildman–Crippen LogP) is 2.96. The molecule has 0 spiro atoms. The van der Waals surface area contributed by atoms with Crippen molar-refractivity contribution in [3.05, 3.63) is 60.4 Å². The Morgan fingerprint density at radius 3 is 2.67 bits per heavy atom. The van der Waals surface area contributed by atoms with Gasteiger partial charge in [-0.2, -0.15) is 5.10 Å². The first-order valence-corrected chi connectivity index (χ1v) is 4.98. The smallest absolute Gasteiger partial charge is 0.0659 e. The first kappa shape index (κ1) is 9.71. The van der Waals surface area contributed by atoms with Crippen LogP contribution in [0.4, 0.5) is 0 Å². The molecular weight excluding hydrogens is 184 g/mol. The van der Waals surface area contributed by atoms with E-state index < -0.39 is 0 Å². The summed E-state index contributed by atoms with van der Waals surface area (Å²) in [5.41, 5.74) is 3.41. The first-order valence-electron chi connectivity index (χ1n) is 4.98. The largest absolute Gasteiger partial charge is 0.268 e. The van der Waals surface area contributed by atoms with Gasteiger partial charge in [0.1, 0.15) is 0 Å². The molecule has 2 rings (SSSR count). The fourth-order valence-corrected chi connectivity index (χ4v) is 1.44. The lowest BCUT2D eigenvalue weighted by Gasteiger charge is -2.00. The second-order valence-corrected chi connectivity index (χ2v) is 3.69. The van der Waals surface area contributed by atoms with Crippen LogP contribution in [0.3, 0.4) is 0 Å². The summed E-state index contributed by atoms with van der Waals surface area (Å²) in [6.07, 6.45) is 3.88. The van der Waals surface area contributed by atoms with Crippen molar-refractivity contribution in [2.24, 2.45) is 0 Å². The molecule has 0 aliphatic carbocycles. The third kappa shape index (κ3) is 2.34. The third-order valence-corrected chi connectivity index (χ3v) is 2.31. The van der Waals surface area contributed by atoms with Crippen molar-refractivity contribution in [3.8, 4) is 0 Å². The second-order valence-electron chi connectivity index (χ2n) is 3.69. The highest BCUT2D eigenvalue weighted by molar-refractivity contribution is 5.59. The van der Waals surface area contributed by atoms with Crippen LogP contribution in [0.2, 0.25) is 0 Å². The number of hydrogen-bond acceptors (Lipinski definition) is 1. The summed E-state index contributed by atoms with van der Waals surface area (Å²) in [4.78, 5) is 0. The van der Waals surface area contributed by atoms with Gasteiger partial charge in [-0.25, -0.2) is 0 Å². The van der Waals surface area contributed by atoms with Gasteiger partial charge in [0.05, 0.1) is 12.7 Å². The molecule has 0 aliphatic heterocycles. The highest BCUT2D eigenvalue weighted by atomic mass is 15.3. The van der Waals surface area contributed by atoms with Crippen LogP contribution < -0.4 is 0 Å². The van der Waals surface area contributed by atoms with E-state index in [4.69, 9.17) is 0 Å². The third-order valence-electron chi connectivity index (χ3n) is 2.31. The Labute approximate surface area is 89.9 Å². The molecule has 2 aromatic rings. The lowest BCUT2D eigenvalue weighted by Crippen LogP contribution is -1.99. The molecule has 0 saturated heterocycles. The summed E-state index contributed by atoms with van der Waals surface area (Å²) in [6, 6.07) is 10.3. The molecule has 15 heavy (non-hydrogen) atoms. The van der Waals surface area contributed by atoms with Crippen LogP contribution in [0.15, 0.2) is 49.3 Å².